The van der Waals surface area contributed by atoms with Crippen LogP contribution in [-0.2, 0) is 0 Å². The Morgan fingerprint density at radius 2 is 2.08 bits per heavy atom. The van der Waals surface area contributed by atoms with Gasteiger partial charge in [0.05, 0.1) is 28.7 Å². The Bertz CT molecular complexity index is 773. The van der Waals surface area contributed by atoms with Gasteiger partial charge in [-0.3, -0.25) is 9.78 Å². The van der Waals surface area contributed by atoms with E-state index < -0.39 is 5.60 Å². The van der Waals surface area contributed by atoms with Crippen molar-refractivity contribution in [3.63, 3.8) is 0 Å². The highest BCUT2D eigenvalue weighted by Gasteiger charge is 2.44. The molecule has 6 nitrogen and oxygen atoms in total. The molecule has 1 aliphatic heterocycles. The number of rotatable bonds is 2. The lowest BCUT2D eigenvalue weighted by atomic mass is 9.71. The molecule has 3 heterocycles. The van der Waals surface area contributed by atoms with Crippen LogP contribution in [0.5, 0.6) is 0 Å². The van der Waals surface area contributed by atoms with E-state index in [1.54, 1.807) is 23.3 Å². The molecule has 2 aromatic heterocycles. The fourth-order valence-corrected chi connectivity index (χ4v) is 4.29. The normalized spacial score (nSPS) is 26.3. The lowest BCUT2D eigenvalue weighted by Gasteiger charge is -2.47. The summed E-state index contributed by atoms with van der Waals surface area (Å²) in [6.07, 6.45) is 9.89. The Balaban J connectivity index is 1.55. The highest BCUT2D eigenvalue weighted by molar-refractivity contribution is 5.95. The summed E-state index contributed by atoms with van der Waals surface area (Å²) in [5, 5.41) is 15.2. The number of nitrogens with zero attached hydrogens (tertiary/aromatic N) is 4. The van der Waals surface area contributed by atoms with Crippen molar-refractivity contribution in [2.75, 3.05) is 13.1 Å². The fraction of sp³-hybridized carbons (Fsp3) is 0.526. The zero-order valence-electron chi connectivity index (χ0n) is 14.6. The smallest absolute Gasteiger partial charge is 0.257 e. The first-order chi connectivity index (χ1) is 12.1. The number of amides is 1. The van der Waals surface area contributed by atoms with Gasteiger partial charge in [-0.05, 0) is 38.3 Å². The largest absolute Gasteiger partial charge is 0.389 e. The number of carbonyl (C=O) groups is 1. The molecule has 2 aromatic rings. The molecular weight excluding hydrogens is 316 g/mol. The molecule has 0 aromatic carbocycles. The van der Waals surface area contributed by atoms with Crippen LogP contribution in [0.3, 0.4) is 0 Å². The van der Waals surface area contributed by atoms with Crippen LogP contribution >= 0.6 is 0 Å². The van der Waals surface area contributed by atoms with Crippen LogP contribution in [0.4, 0.5) is 0 Å². The van der Waals surface area contributed by atoms with Crippen LogP contribution in [0.1, 0.15) is 48.2 Å². The number of carbonyl (C=O) groups excluding carboxylic acids is 1. The van der Waals surface area contributed by atoms with Gasteiger partial charge in [-0.1, -0.05) is 12.8 Å². The minimum atomic E-state index is -0.564. The molecule has 132 valence electrons. The van der Waals surface area contributed by atoms with Gasteiger partial charge in [-0.15, -0.1) is 0 Å². The van der Waals surface area contributed by atoms with Crippen molar-refractivity contribution in [3.8, 4) is 5.69 Å². The summed E-state index contributed by atoms with van der Waals surface area (Å²) in [6.45, 7) is 3.18. The molecule has 2 aliphatic rings. The predicted molar refractivity (Wildman–Crippen MR) is 93.5 cm³/mol. The topological polar surface area (TPSA) is 71.2 Å². The number of likely N-dealkylation sites (tertiary alicyclic amines) is 1. The minimum absolute atomic E-state index is 0.0189. The second-order valence-corrected chi connectivity index (χ2v) is 7.31. The Hall–Kier alpha value is -2.21. The highest BCUT2D eigenvalue weighted by atomic mass is 16.3. The molecule has 2 atom stereocenters. The Morgan fingerprint density at radius 1 is 1.28 bits per heavy atom. The second-order valence-electron chi connectivity index (χ2n) is 7.31. The molecule has 1 saturated carbocycles. The third-order valence-electron chi connectivity index (χ3n) is 5.86. The molecule has 6 heteroatoms. The summed E-state index contributed by atoms with van der Waals surface area (Å²) in [6, 6.07) is 3.74. The van der Waals surface area contributed by atoms with E-state index in [4.69, 9.17) is 0 Å². The van der Waals surface area contributed by atoms with E-state index in [2.05, 4.69) is 10.1 Å². The van der Waals surface area contributed by atoms with Crippen LogP contribution in [-0.4, -0.2) is 49.4 Å². The van der Waals surface area contributed by atoms with Crippen LogP contribution in [0.15, 0.2) is 30.7 Å². The molecule has 0 spiro atoms. The van der Waals surface area contributed by atoms with Crippen molar-refractivity contribution >= 4 is 5.91 Å². The maximum atomic E-state index is 13.0. The van der Waals surface area contributed by atoms with Gasteiger partial charge in [0.15, 0.2) is 0 Å². The van der Waals surface area contributed by atoms with Gasteiger partial charge >= 0.3 is 0 Å². The quantitative estimate of drug-likeness (QED) is 0.911. The molecule has 4 rings (SSSR count). The van der Waals surface area contributed by atoms with Gasteiger partial charge in [-0.2, -0.15) is 5.10 Å². The van der Waals surface area contributed by atoms with E-state index >= 15 is 0 Å². The maximum absolute atomic E-state index is 13.0. The van der Waals surface area contributed by atoms with Crippen LogP contribution < -0.4 is 0 Å². The van der Waals surface area contributed by atoms with Crippen molar-refractivity contribution in [2.24, 2.45) is 5.92 Å². The van der Waals surface area contributed by atoms with Crippen LogP contribution in [0.2, 0.25) is 0 Å². The lowest BCUT2D eigenvalue weighted by molar-refractivity contribution is -0.0886. The SMILES string of the molecule is Cc1c(C(=O)N2CCC3(O)CCCCC3C2)cnn1-c1ccncc1. The zero-order valence-corrected chi connectivity index (χ0v) is 14.6. The van der Waals surface area contributed by atoms with E-state index in [0.717, 1.165) is 37.1 Å². The third kappa shape index (κ3) is 2.84. The van der Waals surface area contributed by atoms with Gasteiger partial charge < -0.3 is 10.0 Å². The monoisotopic (exact) mass is 340 g/mol. The fourth-order valence-electron chi connectivity index (χ4n) is 4.29. The van der Waals surface area contributed by atoms with Crippen LogP contribution in [0.25, 0.3) is 5.69 Å². The number of hydrogen-bond acceptors (Lipinski definition) is 4. The Labute approximate surface area is 147 Å². The third-order valence-corrected chi connectivity index (χ3v) is 5.86. The van der Waals surface area contributed by atoms with E-state index in [1.807, 2.05) is 24.0 Å². The molecule has 1 aliphatic carbocycles. The average Bonchev–Trinajstić information content (AvgIpc) is 3.02. The summed E-state index contributed by atoms with van der Waals surface area (Å²) < 4.78 is 1.77. The number of pyridine rings is 1. The summed E-state index contributed by atoms with van der Waals surface area (Å²) in [5.41, 5.74) is 1.80. The second kappa shape index (κ2) is 6.26. The predicted octanol–water partition coefficient (Wildman–Crippen LogP) is 2.34. The molecule has 0 bridgehead atoms. The first kappa shape index (κ1) is 16.3. The molecule has 2 fully saturated rings. The standard InChI is InChI=1S/C19H24N4O2/c1-14-17(12-21-23(14)16-5-9-20-10-6-16)18(24)22-11-8-19(25)7-3-2-4-15(19)13-22/h5-6,9-10,12,15,25H,2-4,7-8,11,13H2,1H3. The van der Waals surface area contributed by atoms with Crippen molar-refractivity contribution < 1.29 is 9.90 Å². The molecule has 25 heavy (non-hydrogen) atoms. The lowest BCUT2D eigenvalue weighted by Crippen LogP contribution is -2.54. The van der Waals surface area contributed by atoms with Crippen molar-refractivity contribution in [3.05, 3.63) is 42.0 Å². The van der Waals surface area contributed by atoms with Crippen molar-refractivity contribution in [1.82, 2.24) is 19.7 Å². The number of aromatic nitrogens is 3. The van der Waals surface area contributed by atoms with Gasteiger partial charge in [-0.25, -0.2) is 4.68 Å². The van der Waals surface area contributed by atoms with Crippen molar-refractivity contribution in [2.45, 2.75) is 44.6 Å². The van der Waals surface area contributed by atoms with Gasteiger partial charge in [0.25, 0.3) is 5.91 Å². The molecule has 1 amide bonds. The molecule has 1 saturated heterocycles. The highest BCUT2D eigenvalue weighted by Crippen LogP contribution is 2.40. The van der Waals surface area contributed by atoms with E-state index in [-0.39, 0.29) is 11.8 Å². The number of hydrogen-bond donors (Lipinski definition) is 1. The summed E-state index contributed by atoms with van der Waals surface area (Å²) >= 11 is 0. The molecule has 0 radical (unpaired) electrons. The first-order valence-electron chi connectivity index (χ1n) is 9.05. The van der Waals surface area contributed by atoms with Crippen molar-refractivity contribution in [1.29, 1.82) is 0 Å². The number of piperidine rings is 1. The van der Waals surface area contributed by atoms with E-state index in [9.17, 15) is 9.90 Å². The van der Waals surface area contributed by atoms with E-state index in [0.29, 0.717) is 25.1 Å². The summed E-state index contributed by atoms with van der Waals surface area (Å²) in [7, 11) is 0. The molecular formula is C19H24N4O2. The van der Waals surface area contributed by atoms with Gasteiger partial charge in [0, 0.05) is 31.4 Å². The zero-order chi connectivity index (χ0) is 17.4. The first-order valence-corrected chi connectivity index (χ1v) is 9.05. The van der Waals surface area contributed by atoms with Crippen LogP contribution in [0, 0.1) is 12.8 Å². The van der Waals surface area contributed by atoms with E-state index in [1.165, 1.54) is 0 Å². The summed E-state index contributed by atoms with van der Waals surface area (Å²) in [5.74, 6) is 0.222. The number of aliphatic hydroxyl groups is 1. The number of fused-ring (bicyclic) bond motifs is 1. The Morgan fingerprint density at radius 3 is 2.88 bits per heavy atom. The molecule has 2 unspecified atom stereocenters. The average molecular weight is 340 g/mol. The maximum Gasteiger partial charge on any atom is 0.257 e. The minimum Gasteiger partial charge on any atom is -0.389 e. The van der Waals surface area contributed by atoms with Gasteiger partial charge in [0.2, 0.25) is 0 Å². The summed E-state index contributed by atoms with van der Waals surface area (Å²) in [4.78, 5) is 18.9. The van der Waals surface area contributed by atoms with Gasteiger partial charge in [0.1, 0.15) is 0 Å². The molecule has 1 N–H and O–H groups in total. The Kier molecular flexibility index (Phi) is 4.07.